The topological polar surface area (TPSA) is 156 Å². The van der Waals surface area contributed by atoms with Crippen LogP contribution in [-0.4, -0.2) is 105 Å². The number of rotatable bonds is 16. The highest BCUT2D eigenvalue weighted by Gasteiger charge is 2.19. The highest BCUT2D eigenvalue weighted by atomic mass is 35.5. The van der Waals surface area contributed by atoms with Gasteiger partial charge < -0.3 is 26.0 Å². The summed E-state index contributed by atoms with van der Waals surface area (Å²) in [6.07, 6.45) is 0. The molecular formula is C16H30ClN3O7S2. The third kappa shape index (κ3) is 16.3. The van der Waals surface area contributed by atoms with E-state index in [9.17, 15) is 19.2 Å². The molecule has 0 radical (unpaired) electrons. The van der Waals surface area contributed by atoms with Crippen LogP contribution in [0.3, 0.4) is 0 Å². The lowest BCUT2D eigenvalue weighted by Gasteiger charge is -2.22. The van der Waals surface area contributed by atoms with Gasteiger partial charge in [0.15, 0.2) is 0 Å². The fourth-order valence-corrected chi connectivity index (χ4v) is 4.14. The summed E-state index contributed by atoms with van der Waals surface area (Å²) >= 11 is 2.78. The Hall–Kier alpha value is -1.21. The summed E-state index contributed by atoms with van der Waals surface area (Å²) in [7, 11) is 0. The summed E-state index contributed by atoms with van der Waals surface area (Å²) < 4.78 is 0. The Bertz CT molecular complexity index is 487. The van der Waals surface area contributed by atoms with Crippen molar-refractivity contribution in [2.24, 2.45) is 0 Å². The van der Waals surface area contributed by atoms with E-state index >= 15 is 0 Å². The molecule has 13 heteroatoms. The molecule has 0 aromatic heterocycles. The zero-order valence-electron chi connectivity index (χ0n) is 16.5. The van der Waals surface area contributed by atoms with E-state index in [0.717, 1.165) is 0 Å². The summed E-state index contributed by atoms with van der Waals surface area (Å²) in [5, 5.41) is 32.0. The predicted octanol–water partition coefficient (Wildman–Crippen LogP) is -0.652. The van der Waals surface area contributed by atoms with E-state index in [1.165, 1.54) is 37.4 Å². The van der Waals surface area contributed by atoms with Crippen LogP contribution >= 0.6 is 35.9 Å². The molecule has 10 nitrogen and oxygen atoms in total. The number of hydrogen-bond acceptors (Lipinski definition) is 8. The second-order valence-electron chi connectivity index (χ2n) is 5.90. The summed E-state index contributed by atoms with van der Waals surface area (Å²) in [4.78, 5) is 46.1. The fraction of sp³-hybridized carbons (Fsp3) is 0.750. The number of carboxylic acid groups (broad SMARTS) is 2. The first-order valence-corrected chi connectivity index (χ1v) is 11.0. The highest BCUT2D eigenvalue weighted by molar-refractivity contribution is 7.99. The molecule has 170 valence electrons. The van der Waals surface area contributed by atoms with Crippen molar-refractivity contribution in [3.8, 4) is 0 Å². The Labute approximate surface area is 185 Å². The van der Waals surface area contributed by atoms with Gasteiger partial charge in [-0.2, -0.15) is 23.5 Å². The van der Waals surface area contributed by atoms with Gasteiger partial charge in [-0.25, -0.2) is 9.59 Å². The van der Waals surface area contributed by atoms with E-state index in [0.29, 0.717) is 31.1 Å². The molecule has 0 bridgehead atoms. The van der Waals surface area contributed by atoms with Crippen molar-refractivity contribution in [1.82, 2.24) is 15.5 Å². The van der Waals surface area contributed by atoms with Gasteiger partial charge in [-0.1, -0.05) is 0 Å². The Kier molecular flexibility index (Phi) is 18.2. The highest BCUT2D eigenvalue weighted by Crippen LogP contribution is 2.08. The molecular weight excluding hydrogens is 452 g/mol. The molecule has 0 aliphatic carbocycles. The number of aliphatic hydroxyl groups excluding tert-OH is 1. The van der Waals surface area contributed by atoms with Crippen LogP contribution in [0.4, 0.5) is 0 Å². The first-order chi connectivity index (χ1) is 13.2. The van der Waals surface area contributed by atoms with Crippen molar-refractivity contribution in [3.05, 3.63) is 0 Å². The molecule has 0 fully saturated rings. The summed E-state index contributed by atoms with van der Waals surface area (Å²) in [6.45, 7) is 4.19. The lowest BCUT2D eigenvalue weighted by atomic mass is 10.3. The number of amides is 2. The van der Waals surface area contributed by atoms with E-state index in [2.05, 4.69) is 10.6 Å². The number of carboxylic acids is 2. The zero-order chi connectivity index (χ0) is 21.5. The molecule has 0 saturated carbocycles. The van der Waals surface area contributed by atoms with Gasteiger partial charge >= 0.3 is 11.9 Å². The Balaban J connectivity index is 0. The molecule has 0 heterocycles. The molecule has 0 aromatic rings. The average molecular weight is 482 g/mol. The molecule has 5 N–H and O–H groups in total. The van der Waals surface area contributed by atoms with Crippen LogP contribution in [0.2, 0.25) is 0 Å². The van der Waals surface area contributed by atoms with Gasteiger partial charge in [0.1, 0.15) is 12.1 Å². The van der Waals surface area contributed by atoms with Crippen molar-refractivity contribution in [3.63, 3.8) is 0 Å². The van der Waals surface area contributed by atoms with Crippen LogP contribution in [0.15, 0.2) is 0 Å². The van der Waals surface area contributed by atoms with E-state index in [4.69, 9.17) is 15.3 Å². The summed E-state index contributed by atoms with van der Waals surface area (Å²) in [5.74, 6) is -1.23. The van der Waals surface area contributed by atoms with Gasteiger partial charge in [-0.15, -0.1) is 12.4 Å². The van der Waals surface area contributed by atoms with Crippen molar-refractivity contribution in [1.29, 1.82) is 0 Å². The van der Waals surface area contributed by atoms with E-state index in [1.54, 1.807) is 0 Å². The number of carbonyl (C=O) groups excluding carboxylic acids is 2. The quantitative estimate of drug-likeness (QED) is 0.142. The maximum Gasteiger partial charge on any atom is 0.327 e. The number of thioether (sulfide) groups is 2. The second kappa shape index (κ2) is 17.6. The number of nitrogens with zero attached hydrogens (tertiary/aromatic N) is 1. The molecule has 0 aliphatic heterocycles. The van der Waals surface area contributed by atoms with Crippen molar-refractivity contribution >= 4 is 59.7 Å². The van der Waals surface area contributed by atoms with Crippen molar-refractivity contribution < 1.29 is 34.5 Å². The number of hydrogen-bond donors (Lipinski definition) is 5. The van der Waals surface area contributed by atoms with Crippen LogP contribution in [-0.2, 0) is 19.2 Å². The molecule has 0 aromatic carbocycles. The minimum Gasteiger partial charge on any atom is -0.480 e. The van der Waals surface area contributed by atoms with E-state index in [1.807, 2.05) is 4.90 Å². The van der Waals surface area contributed by atoms with E-state index < -0.39 is 35.8 Å². The number of carbonyl (C=O) groups is 4. The van der Waals surface area contributed by atoms with Crippen LogP contribution in [0.25, 0.3) is 0 Å². The third-order valence-electron chi connectivity index (χ3n) is 3.44. The molecule has 2 atom stereocenters. The Morgan fingerprint density at radius 3 is 1.48 bits per heavy atom. The van der Waals surface area contributed by atoms with Crippen molar-refractivity contribution in [2.75, 3.05) is 49.3 Å². The smallest absolute Gasteiger partial charge is 0.327 e. The zero-order valence-corrected chi connectivity index (χ0v) is 18.9. The Morgan fingerprint density at radius 2 is 1.21 bits per heavy atom. The molecule has 29 heavy (non-hydrogen) atoms. The molecule has 0 rings (SSSR count). The first kappa shape index (κ1) is 30.0. The monoisotopic (exact) mass is 481 g/mol. The second-order valence-corrected chi connectivity index (χ2v) is 8.20. The van der Waals surface area contributed by atoms with Crippen LogP contribution in [0.1, 0.15) is 13.8 Å². The number of nitrogens with one attached hydrogen (secondary N) is 2. The lowest BCUT2D eigenvalue weighted by Crippen LogP contribution is -2.42. The van der Waals surface area contributed by atoms with Crippen LogP contribution < -0.4 is 10.6 Å². The Morgan fingerprint density at radius 1 is 0.828 bits per heavy atom. The van der Waals surface area contributed by atoms with Gasteiger partial charge in [0, 0.05) is 56.5 Å². The normalized spacial score (nSPS) is 12.6. The predicted molar refractivity (Wildman–Crippen MR) is 116 cm³/mol. The van der Waals surface area contributed by atoms with Gasteiger partial charge in [0.05, 0.1) is 6.61 Å². The minimum atomic E-state index is -1.08. The fourth-order valence-electron chi connectivity index (χ4n) is 2.11. The summed E-state index contributed by atoms with van der Waals surface area (Å²) in [6, 6.07) is -1.88. The molecule has 2 amide bonds. The number of aliphatic carboxylic acids is 2. The largest absolute Gasteiger partial charge is 0.480 e. The lowest BCUT2D eigenvalue weighted by molar-refractivity contribution is -0.141. The maximum absolute atomic E-state index is 11.1. The van der Waals surface area contributed by atoms with Gasteiger partial charge in [0.25, 0.3) is 0 Å². The number of halogens is 1. The van der Waals surface area contributed by atoms with Crippen molar-refractivity contribution in [2.45, 2.75) is 25.9 Å². The minimum absolute atomic E-state index is 0. The molecule has 0 unspecified atom stereocenters. The van der Waals surface area contributed by atoms with Crippen LogP contribution in [0.5, 0.6) is 0 Å². The molecule has 0 spiro atoms. The standard InChI is InChI=1S/C16H29N3O7S2.ClH/c1-11(21)17-13(15(23)24)9-27-7-4-19(3-6-20)5-8-28-10-14(16(25)26)18-12(2)22;/h13-14,20H,3-10H2,1-2H3,(H,17,21)(H,18,22)(H,23,24)(H,25,26);1H/t13-,14-;/m0./s1/i3+1,4+1,5+1,6+1,7+1,8+1;. The summed E-state index contributed by atoms with van der Waals surface area (Å²) in [5.41, 5.74) is 0. The third-order valence-corrected chi connectivity index (χ3v) is 5.52. The molecule has 0 saturated heterocycles. The molecule has 0 aliphatic rings. The van der Waals surface area contributed by atoms with Gasteiger partial charge in [0.2, 0.25) is 11.8 Å². The van der Waals surface area contributed by atoms with E-state index in [-0.39, 0.29) is 30.5 Å². The average Bonchev–Trinajstić information content (AvgIpc) is 2.58. The number of aliphatic hydroxyl groups is 1. The van der Waals surface area contributed by atoms with Crippen LogP contribution in [0, 0.1) is 0 Å². The van der Waals surface area contributed by atoms with Gasteiger partial charge in [-0.3, -0.25) is 14.5 Å². The first-order valence-electron chi connectivity index (χ1n) is 8.65. The SMILES string of the molecule is CC(=O)N[C@@H](CS[13CH2][13CH2]N([13CH2][13CH2]O)[13CH2][13CH2]SC[C@H](NC(C)=O)C(=O)O)C(=O)O.Cl. The maximum atomic E-state index is 11.1. The van der Waals surface area contributed by atoms with Gasteiger partial charge in [-0.05, 0) is 0 Å².